The monoisotopic (exact) mass is 448 g/mol. The van der Waals surface area contributed by atoms with Gasteiger partial charge in [-0.1, -0.05) is 22.7 Å². The predicted molar refractivity (Wildman–Crippen MR) is 123 cm³/mol. The van der Waals surface area contributed by atoms with Crippen molar-refractivity contribution in [3.05, 3.63) is 12.1 Å². The Morgan fingerprint density at radius 1 is 1.17 bits per heavy atom. The molecule has 1 unspecified atom stereocenters. The van der Waals surface area contributed by atoms with Crippen LogP contribution in [0.3, 0.4) is 0 Å². The molecule has 30 heavy (non-hydrogen) atoms. The summed E-state index contributed by atoms with van der Waals surface area (Å²) in [4.78, 5) is 19.6. The molecule has 0 saturated carbocycles. The maximum Gasteiger partial charge on any atom is 0.187 e. The van der Waals surface area contributed by atoms with Crippen LogP contribution in [0.5, 0.6) is 0 Å². The summed E-state index contributed by atoms with van der Waals surface area (Å²) in [5.74, 6) is 1.89. The van der Waals surface area contributed by atoms with Crippen LogP contribution in [0.4, 0.5) is 21.9 Å². The lowest BCUT2D eigenvalue weighted by molar-refractivity contribution is 0.204. The van der Waals surface area contributed by atoms with Gasteiger partial charge in [0.15, 0.2) is 21.6 Å². The number of thiazole rings is 2. The highest BCUT2D eigenvalue weighted by molar-refractivity contribution is 7.22. The molecule has 0 radical (unpaired) electrons. The number of nitrogen functional groups attached to an aromatic ring is 1. The van der Waals surface area contributed by atoms with Gasteiger partial charge in [-0.25, -0.2) is 9.97 Å². The minimum Gasteiger partial charge on any atom is -0.395 e. The molecule has 5 heterocycles. The van der Waals surface area contributed by atoms with Crippen molar-refractivity contribution in [3.63, 3.8) is 0 Å². The summed E-state index contributed by atoms with van der Waals surface area (Å²) in [7, 11) is 0. The molecule has 1 aliphatic heterocycles. The van der Waals surface area contributed by atoms with E-state index >= 15 is 0 Å². The van der Waals surface area contributed by atoms with Crippen molar-refractivity contribution in [2.75, 3.05) is 53.6 Å². The highest BCUT2D eigenvalue weighted by Crippen LogP contribution is 2.32. The zero-order valence-electron chi connectivity index (χ0n) is 16.3. The van der Waals surface area contributed by atoms with Crippen molar-refractivity contribution in [1.82, 2.24) is 19.9 Å². The number of aromatic amines is 2. The Bertz CT molecular complexity index is 1080. The molecule has 1 aliphatic rings. The molecular formula is C18H24N8O2S2. The number of anilines is 4. The third kappa shape index (κ3) is 3.78. The number of hydrogen-bond donors (Lipinski definition) is 6. The molecule has 4 aromatic heterocycles. The fourth-order valence-corrected chi connectivity index (χ4v) is 5.44. The maximum absolute atomic E-state index is 10.6. The predicted octanol–water partition coefficient (Wildman–Crippen LogP) is 1.97. The Morgan fingerprint density at radius 3 is 2.67 bits per heavy atom. The third-order valence-corrected chi connectivity index (χ3v) is 6.96. The average Bonchev–Trinajstić information content (AvgIpc) is 3.46. The van der Waals surface area contributed by atoms with Crippen molar-refractivity contribution in [1.29, 1.82) is 0 Å². The molecule has 12 heteroatoms. The Kier molecular flexibility index (Phi) is 5.15. The highest BCUT2D eigenvalue weighted by Gasteiger charge is 2.19. The van der Waals surface area contributed by atoms with Crippen LogP contribution in [0.2, 0.25) is 0 Å². The van der Waals surface area contributed by atoms with E-state index in [1.54, 1.807) is 0 Å². The van der Waals surface area contributed by atoms with Gasteiger partial charge in [-0.2, -0.15) is 0 Å². The second-order valence-electron chi connectivity index (χ2n) is 7.33. The lowest BCUT2D eigenvalue weighted by atomic mass is 10.4. The SMILES string of the molecule is Nc1nc2[nH]c(N(CCO)CC(O)Nc3nc4[nH]c(N5CCCC5)cc4s3)cc2s1. The number of rotatable bonds is 8. The van der Waals surface area contributed by atoms with E-state index in [-0.39, 0.29) is 13.2 Å². The zero-order chi connectivity index (χ0) is 20.7. The Labute approximate surface area is 180 Å². The van der Waals surface area contributed by atoms with Crippen LogP contribution in [0, 0.1) is 0 Å². The summed E-state index contributed by atoms with van der Waals surface area (Å²) in [6, 6.07) is 4.05. The normalized spacial score (nSPS) is 15.5. The van der Waals surface area contributed by atoms with Crippen LogP contribution in [-0.2, 0) is 0 Å². The second-order valence-corrected chi connectivity index (χ2v) is 9.42. The molecule has 0 aliphatic carbocycles. The summed E-state index contributed by atoms with van der Waals surface area (Å²) < 4.78 is 2.00. The molecule has 0 bridgehead atoms. The van der Waals surface area contributed by atoms with Gasteiger partial charge < -0.3 is 41.0 Å². The summed E-state index contributed by atoms with van der Waals surface area (Å²) >= 11 is 2.91. The van der Waals surface area contributed by atoms with Crippen molar-refractivity contribution in [2.24, 2.45) is 0 Å². The standard InChI is InChI=1S/C18H24N8O2S2/c19-17-23-15-10(29-17)7-13(21-15)26(5-6-27)9-14(28)22-18-24-16-11(30-18)8-12(20-16)25-3-1-2-4-25/h7-8,14,20-21,27-28H,1-6,9H2,(H2,19,23)(H,22,24). The van der Waals surface area contributed by atoms with E-state index in [4.69, 9.17) is 5.73 Å². The van der Waals surface area contributed by atoms with Crippen molar-refractivity contribution < 1.29 is 10.2 Å². The largest absolute Gasteiger partial charge is 0.395 e. The van der Waals surface area contributed by atoms with Gasteiger partial charge in [-0.15, -0.1) is 0 Å². The first-order valence-electron chi connectivity index (χ1n) is 9.89. The van der Waals surface area contributed by atoms with E-state index in [0.29, 0.717) is 22.5 Å². The van der Waals surface area contributed by atoms with Crippen molar-refractivity contribution in [2.45, 2.75) is 19.1 Å². The number of fused-ring (bicyclic) bond motifs is 2. The number of nitrogens with zero attached hydrogens (tertiary/aromatic N) is 4. The average molecular weight is 449 g/mol. The lowest BCUT2D eigenvalue weighted by Crippen LogP contribution is -2.38. The highest BCUT2D eigenvalue weighted by atomic mass is 32.1. The first kappa shape index (κ1) is 19.4. The Morgan fingerprint density at radius 2 is 1.93 bits per heavy atom. The van der Waals surface area contributed by atoms with Gasteiger partial charge in [-0.3, -0.25) is 0 Å². The zero-order valence-corrected chi connectivity index (χ0v) is 17.9. The van der Waals surface area contributed by atoms with Gasteiger partial charge in [-0.05, 0) is 25.0 Å². The smallest absolute Gasteiger partial charge is 0.187 e. The van der Waals surface area contributed by atoms with Crippen LogP contribution in [-0.4, -0.2) is 69.2 Å². The van der Waals surface area contributed by atoms with E-state index in [1.807, 2.05) is 11.0 Å². The summed E-state index contributed by atoms with van der Waals surface area (Å²) in [6.45, 7) is 2.78. The quantitative estimate of drug-likeness (QED) is 0.225. The lowest BCUT2D eigenvalue weighted by Gasteiger charge is -2.25. The minimum absolute atomic E-state index is 0.0332. The third-order valence-electron chi connectivity index (χ3n) is 5.19. The van der Waals surface area contributed by atoms with Gasteiger partial charge in [0.2, 0.25) is 0 Å². The first-order valence-corrected chi connectivity index (χ1v) is 11.5. The summed E-state index contributed by atoms with van der Waals surface area (Å²) in [5.41, 5.74) is 7.27. The number of H-pyrrole nitrogens is 2. The maximum atomic E-state index is 10.6. The first-order chi connectivity index (χ1) is 14.6. The molecule has 0 spiro atoms. The van der Waals surface area contributed by atoms with Gasteiger partial charge in [0.1, 0.15) is 17.9 Å². The van der Waals surface area contributed by atoms with Gasteiger partial charge in [0, 0.05) is 19.6 Å². The molecule has 0 aromatic carbocycles. The fourth-order valence-electron chi connectivity index (χ4n) is 3.81. The molecule has 5 rings (SSSR count). The van der Waals surface area contributed by atoms with Gasteiger partial charge >= 0.3 is 0 Å². The van der Waals surface area contributed by atoms with Crippen LogP contribution in [0.1, 0.15) is 12.8 Å². The molecule has 0 amide bonds. The van der Waals surface area contributed by atoms with E-state index in [1.165, 1.54) is 35.5 Å². The van der Waals surface area contributed by atoms with E-state index in [0.717, 1.165) is 39.8 Å². The Hall–Kier alpha value is -2.54. The van der Waals surface area contributed by atoms with E-state index in [9.17, 15) is 10.2 Å². The summed E-state index contributed by atoms with van der Waals surface area (Å²) in [5, 5.41) is 24.3. The van der Waals surface area contributed by atoms with Crippen molar-refractivity contribution >= 4 is 65.3 Å². The number of nitrogens with one attached hydrogen (secondary N) is 3. The number of aliphatic hydroxyl groups excluding tert-OH is 2. The van der Waals surface area contributed by atoms with Crippen LogP contribution < -0.4 is 20.9 Å². The van der Waals surface area contributed by atoms with E-state index < -0.39 is 6.23 Å². The molecule has 1 saturated heterocycles. The van der Waals surface area contributed by atoms with Crippen LogP contribution in [0.25, 0.3) is 20.7 Å². The van der Waals surface area contributed by atoms with Crippen molar-refractivity contribution in [3.8, 4) is 0 Å². The number of nitrogens with two attached hydrogens (primary N) is 1. The molecule has 1 atom stereocenters. The number of aliphatic hydroxyl groups is 2. The molecule has 160 valence electrons. The van der Waals surface area contributed by atoms with Gasteiger partial charge in [0.25, 0.3) is 0 Å². The molecule has 10 nitrogen and oxygen atoms in total. The second kappa shape index (κ2) is 7.95. The minimum atomic E-state index is -0.857. The van der Waals surface area contributed by atoms with Crippen LogP contribution in [0.15, 0.2) is 12.1 Å². The summed E-state index contributed by atoms with van der Waals surface area (Å²) in [6.07, 6.45) is 1.60. The van der Waals surface area contributed by atoms with Gasteiger partial charge in [0.05, 0.1) is 22.6 Å². The number of aromatic nitrogens is 4. The van der Waals surface area contributed by atoms with Crippen LogP contribution >= 0.6 is 22.7 Å². The fraction of sp³-hybridized carbons (Fsp3) is 0.444. The topological polar surface area (TPSA) is 142 Å². The molecule has 4 aromatic rings. The van der Waals surface area contributed by atoms with E-state index in [2.05, 4.69) is 36.2 Å². The number of hydrogen-bond acceptors (Lipinski definition) is 10. The molecular weight excluding hydrogens is 424 g/mol. The Balaban J connectivity index is 1.26. The molecule has 7 N–H and O–H groups in total. The molecule has 1 fully saturated rings.